The van der Waals surface area contributed by atoms with Crippen LogP contribution in [0, 0.1) is 0 Å². The fourth-order valence-corrected chi connectivity index (χ4v) is 1.48. The topological polar surface area (TPSA) is 21.3 Å². The summed E-state index contributed by atoms with van der Waals surface area (Å²) in [4.78, 5) is 0. The van der Waals surface area contributed by atoms with E-state index in [2.05, 4.69) is 11.9 Å². The lowest BCUT2D eigenvalue weighted by molar-refractivity contribution is 0.435. The molecule has 2 rings (SSSR count). The molecule has 1 N–H and O–H groups in total. The van der Waals surface area contributed by atoms with Gasteiger partial charge in [0.2, 0.25) is 0 Å². The smallest absolute Gasteiger partial charge is 0.190 e. The predicted octanol–water partition coefficient (Wildman–Crippen LogP) is 4.30. The van der Waals surface area contributed by atoms with Crippen LogP contribution >= 0.6 is 11.6 Å². The average molecular weight is 246 g/mol. The largest absolute Gasteiger partial charge is 0.442 e. The van der Waals surface area contributed by atoms with Gasteiger partial charge in [0, 0.05) is 10.7 Å². The monoisotopic (exact) mass is 245 g/mol. The van der Waals surface area contributed by atoms with Gasteiger partial charge in [0.15, 0.2) is 5.88 Å². The summed E-state index contributed by atoms with van der Waals surface area (Å²) in [6.07, 6.45) is 0. The number of rotatable bonds is 4. The third kappa shape index (κ3) is 3.54. The Balaban J connectivity index is 1.96. The Morgan fingerprint density at radius 1 is 1.00 bits per heavy atom. The van der Waals surface area contributed by atoms with Crippen LogP contribution in [0.4, 0.5) is 5.69 Å². The number of halogens is 1. The quantitative estimate of drug-likeness (QED) is 0.811. The van der Waals surface area contributed by atoms with Gasteiger partial charge in [-0.05, 0) is 43.0 Å². The molecular formula is C14H12ClNO. The number of hydrogen-bond donors (Lipinski definition) is 1. The van der Waals surface area contributed by atoms with Crippen molar-refractivity contribution in [1.29, 1.82) is 0 Å². The number of benzene rings is 2. The van der Waals surface area contributed by atoms with Crippen LogP contribution in [0.1, 0.15) is 0 Å². The van der Waals surface area contributed by atoms with Crippen molar-refractivity contribution in [3.63, 3.8) is 0 Å². The number of nitrogens with one attached hydrogen (secondary N) is 1. The van der Waals surface area contributed by atoms with Gasteiger partial charge in [-0.3, -0.25) is 0 Å². The van der Waals surface area contributed by atoms with E-state index < -0.39 is 0 Å². The summed E-state index contributed by atoms with van der Waals surface area (Å²) < 4.78 is 5.51. The molecule has 0 atom stereocenters. The molecule has 17 heavy (non-hydrogen) atoms. The van der Waals surface area contributed by atoms with Gasteiger partial charge in [0.1, 0.15) is 5.75 Å². The molecule has 0 aliphatic rings. The molecule has 0 spiro atoms. The fourth-order valence-electron chi connectivity index (χ4n) is 1.35. The van der Waals surface area contributed by atoms with Gasteiger partial charge in [0.25, 0.3) is 0 Å². The minimum Gasteiger partial charge on any atom is -0.442 e. The molecule has 0 saturated heterocycles. The first kappa shape index (κ1) is 11.6. The molecule has 0 saturated carbocycles. The van der Waals surface area contributed by atoms with E-state index in [-0.39, 0.29) is 0 Å². The second-order valence-corrected chi connectivity index (χ2v) is 3.91. The highest BCUT2D eigenvalue weighted by Gasteiger charge is 1.98. The molecule has 0 heterocycles. The van der Waals surface area contributed by atoms with Gasteiger partial charge >= 0.3 is 0 Å². The minimum absolute atomic E-state index is 0.471. The van der Waals surface area contributed by atoms with Crippen LogP contribution < -0.4 is 10.1 Å². The van der Waals surface area contributed by atoms with Crippen LogP contribution in [-0.4, -0.2) is 0 Å². The summed E-state index contributed by atoms with van der Waals surface area (Å²) >= 11 is 5.80. The van der Waals surface area contributed by atoms with E-state index in [9.17, 15) is 0 Å². The first-order chi connectivity index (χ1) is 8.24. The Morgan fingerprint density at radius 3 is 2.29 bits per heavy atom. The lowest BCUT2D eigenvalue weighted by atomic mass is 10.3. The van der Waals surface area contributed by atoms with Crippen LogP contribution in [0.25, 0.3) is 0 Å². The molecule has 0 amide bonds. The Labute approximate surface area is 105 Å². The van der Waals surface area contributed by atoms with E-state index >= 15 is 0 Å². The second kappa shape index (κ2) is 5.41. The van der Waals surface area contributed by atoms with Crippen molar-refractivity contribution >= 4 is 17.3 Å². The van der Waals surface area contributed by atoms with Gasteiger partial charge in [-0.15, -0.1) is 0 Å². The summed E-state index contributed by atoms with van der Waals surface area (Å²) in [7, 11) is 0. The van der Waals surface area contributed by atoms with E-state index in [0.29, 0.717) is 10.9 Å². The van der Waals surface area contributed by atoms with E-state index in [4.69, 9.17) is 16.3 Å². The van der Waals surface area contributed by atoms with Gasteiger partial charge in [-0.25, -0.2) is 0 Å². The molecule has 0 aromatic heterocycles. The predicted molar refractivity (Wildman–Crippen MR) is 71.3 cm³/mol. The molecule has 3 heteroatoms. The molecule has 0 aliphatic heterocycles. The Hall–Kier alpha value is -1.93. The third-order valence-electron chi connectivity index (χ3n) is 2.11. The zero-order valence-electron chi connectivity index (χ0n) is 9.19. The van der Waals surface area contributed by atoms with E-state index in [1.807, 2.05) is 42.5 Å². The highest BCUT2D eigenvalue weighted by Crippen LogP contribution is 2.17. The number of anilines is 1. The normalized spacial score (nSPS) is 9.71. The van der Waals surface area contributed by atoms with Crippen molar-refractivity contribution in [2.45, 2.75) is 0 Å². The maximum absolute atomic E-state index is 5.80. The van der Waals surface area contributed by atoms with Crippen molar-refractivity contribution in [1.82, 2.24) is 0 Å². The molecule has 86 valence electrons. The zero-order valence-corrected chi connectivity index (χ0v) is 9.95. The number of para-hydroxylation sites is 1. The summed E-state index contributed by atoms with van der Waals surface area (Å²) in [5.41, 5.74) is 0.885. The Kier molecular flexibility index (Phi) is 3.68. The summed E-state index contributed by atoms with van der Waals surface area (Å²) in [5.74, 6) is 1.22. The summed E-state index contributed by atoms with van der Waals surface area (Å²) in [6.45, 7) is 3.80. The van der Waals surface area contributed by atoms with Crippen LogP contribution in [0.15, 0.2) is 67.1 Å². The maximum Gasteiger partial charge on any atom is 0.190 e. The Bertz CT molecular complexity index is 493. The molecule has 0 aliphatic carbocycles. The fraction of sp³-hybridized carbons (Fsp3) is 0. The molecule has 2 aromatic carbocycles. The van der Waals surface area contributed by atoms with Crippen LogP contribution in [0.5, 0.6) is 5.75 Å². The van der Waals surface area contributed by atoms with Crippen molar-refractivity contribution in [3.8, 4) is 5.75 Å². The average Bonchev–Trinajstić information content (AvgIpc) is 2.33. The van der Waals surface area contributed by atoms with E-state index in [1.165, 1.54) is 0 Å². The van der Waals surface area contributed by atoms with Gasteiger partial charge in [-0.2, -0.15) is 0 Å². The first-order valence-corrected chi connectivity index (χ1v) is 5.56. The lowest BCUT2D eigenvalue weighted by Crippen LogP contribution is -2.04. The van der Waals surface area contributed by atoms with Crippen LogP contribution in [-0.2, 0) is 0 Å². The molecule has 2 nitrogen and oxygen atoms in total. The molecular weight excluding hydrogens is 234 g/mol. The lowest BCUT2D eigenvalue weighted by Gasteiger charge is -2.10. The van der Waals surface area contributed by atoms with Crippen molar-refractivity contribution in [2.75, 3.05) is 5.32 Å². The standard InChI is InChI=1S/C14H12ClNO/c1-11(17-14-5-3-2-4-6-14)16-13-9-7-12(15)8-10-13/h2-10,16H,1H2. The molecule has 0 bridgehead atoms. The second-order valence-electron chi connectivity index (χ2n) is 3.47. The van der Waals surface area contributed by atoms with Crippen molar-refractivity contribution < 1.29 is 4.74 Å². The van der Waals surface area contributed by atoms with Crippen molar-refractivity contribution in [2.24, 2.45) is 0 Å². The van der Waals surface area contributed by atoms with Gasteiger partial charge < -0.3 is 10.1 Å². The zero-order chi connectivity index (χ0) is 12.1. The number of hydrogen-bond acceptors (Lipinski definition) is 2. The molecule has 0 radical (unpaired) electrons. The molecule has 0 unspecified atom stereocenters. The van der Waals surface area contributed by atoms with E-state index in [1.54, 1.807) is 12.1 Å². The SMILES string of the molecule is C=C(Nc1ccc(Cl)cc1)Oc1ccccc1. The minimum atomic E-state index is 0.471. The summed E-state index contributed by atoms with van der Waals surface area (Å²) in [6, 6.07) is 16.8. The highest BCUT2D eigenvalue weighted by molar-refractivity contribution is 6.30. The number of ether oxygens (including phenoxy) is 1. The third-order valence-corrected chi connectivity index (χ3v) is 2.36. The highest BCUT2D eigenvalue weighted by atomic mass is 35.5. The van der Waals surface area contributed by atoms with E-state index in [0.717, 1.165) is 11.4 Å². The Morgan fingerprint density at radius 2 is 1.65 bits per heavy atom. The van der Waals surface area contributed by atoms with Crippen LogP contribution in [0.2, 0.25) is 5.02 Å². The van der Waals surface area contributed by atoms with Gasteiger partial charge in [0.05, 0.1) is 0 Å². The molecule has 0 fully saturated rings. The van der Waals surface area contributed by atoms with Crippen molar-refractivity contribution in [3.05, 3.63) is 72.1 Å². The van der Waals surface area contributed by atoms with Crippen LogP contribution in [0.3, 0.4) is 0 Å². The van der Waals surface area contributed by atoms with Gasteiger partial charge in [-0.1, -0.05) is 29.8 Å². The molecule has 2 aromatic rings. The summed E-state index contributed by atoms with van der Waals surface area (Å²) in [5, 5.41) is 3.74. The first-order valence-electron chi connectivity index (χ1n) is 5.18. The maximum atomic E-state index is 5.80.